The second kappa shape index (κ2) is 4.65. The number of nitrogens with zero attached hydrogens (tertiary/aromatic N) is 1. The van der Waals surface area contributed by atoms with E-state index in [2.05, 4.69) is 32.9 Å². The second-order valence-electron chi connectivity index (χ2n) is 3.24. The first kappa shape index (κ1) is 11.1. The Kier molecular flexibility index (Phi) is 3.23. The molecular formula is C11H9IN2O2. The number of hydrogen-bond donors (Lipinski definition) is 1. The Labute approximate surface area is 106 Å². The lowest BCUT2D eigenvalue weighted by atomic mass is 10.3. The molecule has 0 spiro atoms. The van der Waals surface area contributed by atoms with Gasteiger partial charge < -0.3 is 9.73 Å². The van der Waals surface area contributed by atoms with Crippen molar-refractivity contribution in [3.05, 3.63) is 45.7 Å². The predicted molar refractivity (Wildman–Crippen MR) is 68.4 cm³/mol. The molecule has 0 radical (unpaired) electrons. The van der Waals surface area contributed by atoms with E-state index in [0.29, 0.717) is 5.76 Å². The number of amides is 1. The normalized spacial score (nSPS) is 10.1. The van der Waals surface area contributed by atoms with E-state index in [1.807, 2.05) is 24.3 Å². The second-order valence-corrected chi connectivity index (χ2v) is 4.48. The number of halogens is 1. The molecule has 1 aromatic heterocycles. The van der Waals surface area contributed by atoms with Crippen LogP contribution >= 0.6 is 22.6 Å². The number of aromatic nitrogens is 1. The van der Waals surface area contributed by atoms with Gasteiger partial charge in [0.05, 0.1) is 6.20 Å². The lowest BCUT2D eigenvalue weighted by molar-refractivity contribution is 0.0989. The Morgan fingerprint density at radius 1 is 1.38 bits per heavy atom. The third-order valence-corrected chi connectivity index (χ3v) is 2.64. The topological polar surface area (TPSA) is 55.1 Å². The van der Waals surface area contributed by atoms with E-state index in [-0.39, 0.29) is 11.8 Å². The molecule has 0 unspecified atom stereocenters. The summed E-state index contributed by atoms with van der Waals surface area (Å²) in [6.45, 7) is 1.74. The average molecular weight is 328 g/mol. The molecule has 0 aliphatic carbocycles. The number of hydrogen-bond acceptors (Lipinski definition) is 3. The molecule has 1 heterocycles. The molecule has 0 atom stereocenters. The highest BCUT2D eigenvalue weighted by Crippen LogP contribution is 2.12. The van der Waals surface area contributed by atoms with Crippen molar-refractivity contribution >= 4 is 34.2 Å². The van der Waals surface area contributed by atoms with Crippen LogP contribution in [0.4, 0.5) is 5.69 Å². The maximum atomic E-state index is 11.6. The van der Waals surface area contributed by atoms with Gasteiger partial charge in [-0.3, -0.25) is 4.79 Å². The number of aryl methyl sites for hydroxylation is 1. The Morgan fingerprint density at radius 2 is 2.06 bits per heavy atom. The zero-order chi connectivity index (χ0) is 11.5. The Bertz CT molecular complexity index is 505. The minimum atomic E-state index is -0.339. The van der Waals surface area contributed by atoms with Crippen molar-refractivity contribution in [3.63, 3.8) is 0 Å². The van der Waals surface area contributed by atoms with Gasteiger partial charge in [-0.05, 0) is 53.8 Å². The number of rotatable bonds is 2. The van der Waals surface area contributed by atoms with E-state index in [9.17, 15) is 4.79 Å². The number of carbonyl (C=O) groups is 1. The number of nitrogens with one attached hydrogen (secondary N) is 1. The van der Waals surface area contributed by atoms with Gasteiger partial charge in [-0.15, -0.1) is 0 Å². The van der Waals surface area contributed by atoms with Crippen LogP contribution in [0.1, 0.15) is 16.4 Å². The SMILES string of the molecule is Cc1cnc(C(=O)Nc2ccc(I)cc2)o1. The van der Waals surface area contributed by atoms with Crippen molar-refractivity contribution in [1.82, 2.24) is 4.98 Å². The van der Waals surface area contributed by atoms with Gasteiger partial charge in [0.15, 0.2) is 0 Å². The molecule has 4 nitrogen and oxygen atoms in total. The Balaban J connectivity index is 2.10. The summed E-state index contributed by atoms with van der Waals surface area (Å²) in [6, 6.07) is 7.49. The molecule has 0 fully saturated rings. The molecule has 0 bridgehead atoms. The molecule has 2 rings (SSSR count). The zero-order valence-electron chi connectivity index (χ0n) is 8.53. The first-order chi connectivity index (χ1) is 7.65. The van der Waals surface area contributed by atoms with Gasteiger partial charge in [0.1, 0.15) is 5.76 Å². The summed E-state index contributed by atoms with van der Waals surface area (Å²) in [5.74, 6) is 0.359. The molecule has 1 N–H and O–H groups in total. The maximum absolute atomic E-state index is 11.6. The van der Waals surface area contributed by atoms with Crippen LogP contribution in [0.2, 0.25) is 0 Å². The fraction of sp³-hybridized carbons (Fsp3) is 0.0909. The van der Waals surface area contributed by atoms with Crippen LogP contribution in [0.25, 0.3) is 0 Å². The number of oxazole rings is 1. The summed E-state index contributed by atoms with van der Waals surface area (Å²) in [4.78, 5) is 15.5. The molecule has 2 aromatic rings. The van der Waals surface area contributed by atoms with Crippen molar-refractivity contribution < 1.29 is 9.21 Å². The number of anilines is 1. The maximum Gasteiger partial charge on any atom is 0.311 e. The third-order valence-electron chi connectivity index (χ3n) is 1.92. The summed E-state index contributed by atoms with van der Waals surface area (Å²) in [5.41, 5.74) is 0.723. The van der Waals surface area contributed by atoms with Crippen LogP contribution in [0, 0.1) is 10.5 Å². The van der Waals surface area contributed by atoms with Crippen LogP contribution in [-0.4, -0.2) is 10.9 Å². The summed E-state index contributed by atoms with van der Waals surface area (Å²) < 4.78 is 6.23. The molecule has 0 saturated carbocycles. The standard InChI is InChI=1S/C11H9IN2O2/c1-7-6-13-11(16-7)10(15)14-9-4-2-8(12)3-5-9/h2-6H,1H3,(H,14,15). The summed E-state index contributed by atoms with van der Waals surface area (Å²) in [5, 5.41) is 2.70. The molecule has 16 heavy (non-hydrogen) atoms. The van der Waals surface area contributed by atoms with Gasteiger partial charge in [0, 0.05) is 9.26 Å². The van der Waals surface area contributed by atoms with Crippen molar-refractivity contribution in [2.24, 2.45) is 0 Å². The number of benzene rings is 1. The fourth-order valence-electron chi connectivity index (χ4n) is 1.18. The molecule has 82 valence electrons. The quantitative estimate of drug-likeness (QED) is 0.863. The van der Waals surface area contributed by atoms with E-state index in [0.717, 1.165) is 9.26 Å². The molecule has 1 amide bonds. The van der Waals surface area contributed by atoms with Crippen LogP contribution in [0.5, 0.6) is 0 Å². The summed E-state index contributed by atoms with van der Waals surface area (Å²) in [6.07, 6.45) is 1.52. The van der Waals surface area contributed by atoms with Gasteiger partial charge in [0.25, 0.3) is 5.89 Å². The first-order valence-corrected chi connectivity index (χ1v) is 5.72. The zero-order valence-corrected chi connectivity index (χ0v) is 10.7. The van der Waals surface area contributed by atoms with E-state index in [1.54, 1.807) is 6.92 Å². The average Bonchev–Trinajstić information content (AvgIpc) is 2.68. The van der Waals surface area contributed by atoms with E-state index in [4.69, 9.17) is 4.42 Å². The summed E-state index contributed by atoms with van der Waals surface area (Å²) >= 11 is 2.20. The molecule has 5 heteroatoms. The highest BCUT2D eigenvalue weighted by molar-refractivity contribution is 14.1. The lowest BCUT2D eigenvalue weighted by Crippen LogP contribution is -2.11. The smallest absolute Gasteiger partial charge is 0.311 e. The van der Waals surface area contributed by atoms with Gasteiger partial charge in [-0.25, -0.2) is 4.98 Å². The minimum absolute atomic E-state index is 0.0797. The van der Waals surface area contributed by atoms with Crippen molar-refractivity contribution in [3.8, 4) is 0 Å². The number of carbonyl (C=O) groups excluding carboxylic acids is 1. The molecule has 0 aliphatic rings. The fourth-order valence-corrected chi connectivity index (χ4v) is 1.54. The van der Waals surface area contributed by atoms with Crippen molar-refractivity contribution in [2.75, 3.05) is 5.32 Å². The predicted octanol–water partition coefficient (Wildman–Crippen LogP) is 2.84. The summed E-state index contributed by atoms with van der Waals surface area (Å²) in [7, 11) is 0. The third kappa shape index (κ3) is 2.60. The highest BCUT2D eigenvalue weighted by atomic mass is 127. The van der Waals surface area contributed by atoms with Crippen LogP contribution in [0.15, 0.2) is 34.9 Å². The molecule has 1 aromatic carbocycles. The van der Waals surface area contributed by atoms with Gasteiger partial charge in [-0.1, -0.05) is 0 Å². The van der Waals surface area contributed by atoms with Crippen LogP contribution < -0.4 is 5.32 Å². The van der Waals surface area contributed by atoms with E-state index in [1.165, 1.54) is 6.20 Å². The van der Waals surface area contributed by atoms with E-state index < -0.39 is 0 Å². The van der Waals surface area contributed by atoms with Gasteiger partial charge >= 0.3 is 5.91 Å². The highest BCUT2D eigenvalue weighted by Gasteiger charge is 2.11. The van der Waals surface area contributed by atoms with Crippen LogP contribution in [0.3, 0.4) is 0 Å². The molecule has 0 aliphatic heterocycles. The molecular weight excluding hydrogens is 319 g/mol. The first-order valence-electron chi connectivity index (χ1n) is 4.64. The largest absolute Gasteiger partial charge is 0.438 e. The van der Waals surface area contributed by atoms with E-state index >= 15 is 0 Å². The van der Waals surface area contributed by atoms with Gasteiger partial charge in [0.2, 0.25) is 0 Å². The Hall–Kier alpha value is -1.37. The van der Waals surface area contributed by atoms with Crippen LogP contribution in [-0.2, 0) is 0 Å². The monoisotopic (exact) mass is 328 g/mol. The Morgan fingerprint density at radius 3 is 2.62 bits per heavy atom. The minimum Gasteiger partial charge on any atom is -0.438 e. The molecule has 0 saturated heterocycles. The lowest BCUT2D eigenvalue weighted by Gasteiger charge is -2.01. The van der Waals surface area contributed by atoms with Crippen molar-refractivity contribution in [2.45, 2.75) is 6.92 Å². The van der Waals surface area contributed by atoms with Crippen molar-refractivity contribution in [1.29, 1.82) is 0 Å². The van der Waals surface area contributed by atoms with Gasteiger partial charge in [-0.2, -0.15) is 0 Å².